The molecular weight excluding hydrogens is 392 g/mol. The first kappa shape index (κ1) is 19.4. The second-order valence-electron chi connectivity index (χ2n) is 7.42. The lowest BCUT2D eigenvalue weighted by molar-refractivity contribution is -0.143. The first-order chi connectivity index (χ1) is 14.0. The molecule has 150 valence electrons. The fourth-order valence-corrected chi connectivity index (χ4v) is 3.79. The third-order valence-electron chi connectivity index (χ3n) is 5.25. The van der Waals surface area contributed by atoms with Crippen LogP contribution in [-0.4, -0.2) is 45.5 Å². The quantitative estimate of drug-likeness (QED) is 0.642. The smallest absolute Gasteiger partial charge is 0.227 e. The second kappa shape index (κ2) is 8.21. The topological polar surface area (TPSA) is 79.5 Å². The monoisotopic (exact) mass is 412 g/mol. The van der Waals surface area contributed by atoms with E-state index in [0.29, 0.717) is 48.5 Å². The molecule has 7 nitrogen and oxygen atoms in total. The van der Waals surface area contributed by atoms with Gasteiger partial charge in [-0.05, 0) is 52.1 Å². The van der Waals surface area contributed by atoms with Crippen molar-refractivity contribution in [3.8, 4) is 0 Å². The molecule has 0 bridgehead atoms. The van der Waals surface area contributed by atoms with Gasteiger partial charge in [0.05, 0.1) is 5.92 Å². The van der Waals surface area contributed by atoms with Gasteiger partial charge in [-0.15, -0.1) is 0 Å². The summed E-state index contributed by atoms with van der Waals surface area (Å²) in [5, 5.41) is 8.29. The SMILES string of the molecule is CN(Cc1ccc2nonc2c1)C(=O)C1CCC(=O)N(Cc2ccc(Cl)cc2)C1. The van der Waals surface area contributed by atoms with Gasteiger partial charge in [0.25, 0.3) is 0 Å². The van der Waals surface area contributed by atoms with Crippen LogP contribution in [0.4, 0.5) is 0 Å². The van der Waals surface area contributed by atoms with E-state index in [1.54, 1.807) is 16.8 Å². The predicted molar refractivity (Wildman–Crippen MR) is 108 cm³/mol. The third-order valence-corrected chi connectivity index (χ3v) is 5.50. The lowest BCUT2D eigenvalue weighted by Gasteiger charge is -2.34. The maximum Gasteiger partial charge on any atom is 0.227 e. The van der Waals surface area contributed by atoms with Crippen LogP contribution in [0.3, 0.4) is 0 Å². The number of carbonyl (C=O) groups is 2. The molecule has 4 rings (SSSR count). The van der Waals surface area contributed by atoms with Crippen LogP contribution in [0, 0.1) is 5.92 Å². The van der Waals surface area contributed by atoms with E-state index in [-0.39, 0.29) is 17.7 Å². The molecule has 0 aliphatic carbocycles. The van der Waals surface area contributed by atoms with E-state index in [9.17, 15) is 9.59 Å². The van der Waals surface area contributed by atoms with Gasteiger partial charge < -0.3 is 9.80 Å². The Kier molecular flexibility index (Phi) is 5.49. The summed E-state index contributed by atoms with van der Waals surface area (Å²) in [7, 11) is 1.79. The van der Waals surface area contributed by atoms with Crippen molar-refractivity contribution in [2.24, 2.45) is 5.92 Å². The van der Waals surface area contributed by atoms with E-state index >= 15 is 0 Å². The third kappa shape index (κ3) is 4.40. The molecule has 1 aliphatic rings. The van der Waals surface area contributed by atoms with E-state index in [1.165, 1.54) is 0 Å². The van der Waals surface area contributed by atoms with Crippen molar-refractivity contribution in [1.82, 2.24) is 20.1 Å². The van der Waals surface area contributed by atoms with Gasteiger partial charge in [0.15, 0.2) is 0 Å². The molecule has 0 radical (unpaired) electrons. The number of rotatable bonds is 5. The summed E-state index contributed by atoms with van der Waals surface area (Å²) in [6.07, 6.45) is 0.958. The summed E-state index contributed by atoms with van der Waals surface area (Å²) >= 11 is 5.93. The maximum absolute atomic E-state index is 13.0. The highest BCUT2D eigenvalue weighted by Crippen LogP contribution is 2.23. The van der Waals surface area contributed by atoms with Crippen molar-refractivity contribution in [1.29, 1.82) is 0 Å². The summed E-state index contributed by atoms with van der Waals surface area (Å²) in [5.74, 6) is -0.0879. The largest absolute Gasteiger partial charge is 0.341 e. The van der Waals surface area contributed by atoms with Crippen molar-refractivity contribution in [3.05, 3.63) is 58.6 Å². The molecular formula is C21H21ClN4O3. The molecule has 0 saturated carbocycles. The van der Waals surface area contributed by atoms with Crippen molar-refractivity contribution < 1.29 is 14.2 Å². The summed E-state index contributed by atoms with van der Waals surface area (Å²) in [6.45, 7) is 1.37. The van der Waals surface area contributed by atoms with Crippen LogP contribution < -0.4 is 0 Å². The van der Waals surface area contributed by atoms with Crippen LogP contribution >= 0.6 is 11.6 Å². The average Bonchev–Trinajstić information content (AvgIpc) is 3.18. The molecule has 1 aliphatic heterocycles. The predicted octanol–water partition coefficient (Wildman–Crippen LogP) is 3.27. The number of carbonyl (C=O) groups excluding carboxylic acids is 2. The van der Waals surface area contributed by atoms with Crippen LogP contribution in [0.5, 0.6) is 0 Å². The zero-order chi connectivity index (χ0) is 20.4. The Hall–Kier alpha value is -2.93. The summed E-state index contributed by atoms with van der Waals surface area (Å²) in [6, 6.07) is 13.0. The van der Waals surface area contributed by atoms with Gasteiger partial charge in [0, 0.05) is 38.1 Å². The minimum absolute atomic E-state index is 0.0389. The highest BCUT2D eigenvalue weighted by atomic mass is 35.5. The van der Waals surface area contributed by atoms with Gasteiger partial charge in [0.1, 0.15) is 11.0 Å². The first-order valence-corrected chi connectivity index (χ1v) is 9.86. The fourth-order valence-electron chi connectivity index (χ4n) is 3.67. The molecule has 2 amide bonds. The normalized spacial score (nSPS) is 17.0. The van der Waals surface area contributed by atoms with Crippen LogP contribution in [0.25, 0.3) is 11.0 Å². The Morgan fingerprint density at radius 3 is 2.69 bits per heavy atom. The minimum Gasteiger partial charge on any atom is -0.341 e. The van der Waals surface area contributed by atoms with E-state index in [1.807, 2.05) is 42.5 Å². The summed E-state index contributed by atoms with van der Waals surface area (Å²) in [5.41, 5.74) is 3.31. The first-order valence-electron chi connectivity index (χ1n) is 9.48. The number of piperidine rings is 1. The van der Waals surface area contributed by atoms with Gasteiger partial charge >= 0.3 is 0 Å². The van der Waals surface area contributed by atoms with E-state index < -0.39 is 0 Å². The number of hydrogen-bond acceptors (Lipinski definition) is 5. The molecule has 1 aromatic heterocycles. The zero-order valence-electron chi connectivity index (χ0n) is 16.0. The number of benzene rings is 2. The van der Waals surface area contributed by atoms with Gasteiger partial charge in [-0.2, -0.15) is 0 Å². The van der Waals surface area contributed by atoms with Crippen molar-refractivity contribution >= 4 is 34.4 Å². The molecule has 1 fully saturated rings. The van der Waals surface area contributed by atoms with Gasteiger partial charge in [-0.25, -0.2) is 4.63 Å². The Morgan fingerprint density at radius 1 is 1.17 bits per heavy atom. The van der Waals surface area contributed by atoms with Crippen LogP contribution in [0.1, 0.15) is 24.0 Å². The maximum atomic E-state index is 13.0. The van der Waals surface area contributed by atoms with E-state index in [2.05, 4.69) is 10.3 Å². The summed E-state index contributed by atoms with van der Waals surface area (Å²) < 4.78 is 4.72. The Bertz CT molecular complexity index is 1030. The molecule has 3 aromatic rings. The lowest BCUT2D eigenvalue weighted by Crippen LogP contribution is -2.45. The molecule has 1 atom stereocenters. The molecule has 2 heterocycles. The highest BCUT2D eigenvalue weighted by Gasteiger charge is 2.31. The minimum atomic E-state index is -0.206. The molecule has 29 heavy (non-hydrogen) atoms. The Labute approximate surface area is 173 Å². The number of halogens is 1. The second-order valence-corrected chi connectivity index (χ2v) is 7.85. The number of fused-ring (bicyclic) bond motifs is 1. The molecule has 1 unspecified atom stereocenters. The van der Waals surface area contributed by atoms with Crippen LogP contribution in [-0.2, 0) is 22.7 Å². The number of likely N-dealkylation sites (tertiary alicyclic amines) is 1. The molecule has 0 spiro atoms. The van der Waals surface area contributed by atoms with Crippen LogP contribution in [0.15, 0.2) is 47.1 Å². The Balaban J connectivity index is 1.40. The highest BCUT2D eigenvalue weighted by molar-refractivity contribution is 6.30. The fraction of sp³-hybridized carbons (Fsp3) is 0.333. The van der Waals surface area contributed by atoms with Crippen molar-refractivity contribution in [2.45, 2.75) is 25.9 Å². The Morgan fingerprint density at radius 2 is 1.90 bits per heavy atom. The molecule has 1 saturated heterocycles. The summed E-state index contributed by atoms with van der Waals surface area (Å²) in [4.78, 5) is 28.8. The van der Waals surface area contributed by atoms with Gasteiger partial charge in [-0.1, -0.05) is 29.8 Å². The van der Waals surface area contributed by atoms with E-state index in [4.69, 9.17) is 16.2 Å². The van der Waals surface area contributed by atoms with E-state index in [0.717, 1.165) is 11.1 Å². The molecule has 0 N–H and O–H groups in total. The lowest BCUT2D eigenvalue weighted by atomic mass is 9.95. The van der Waals surface area contributed by atoms with Crippen LogP contribution in [0.2, 0.25) is 5.02 Å². The number of hydrogen-bond donors (Lipinski definition) is 0. The van der Waals surface area contributed by atoms with Gasteiger partial charge in [-0.3, -0.25) is 9.59 Å². The van der Waals surface area contributed by atoms with Crippen molar-refractivity contribution in [2.75, 3.05) is 13.6 Å². The van der Waals surface area contributed by atoms with Gasteiger partial charge in [0.2, 0.25) is 11.8 Å². The number of amides is 2. The number of nitrogens with zero attached hydrogens (tertiary/aromatic N) is 4. The molecule has 8 heteroatoms. The standard InChI is InChI=1S/C21H21ClN4O3/c1-25(11-15-4-8-18-19(10-15)24-29-23-18)21(28)16-5-9-20(27)26(13-16)12-14-2-6-17(22)7-3-14/h2-4,6-8,10,16H,5,9,11-13H2,1H3. The molecule has 2 aromatic carbocycles. The zero-order valence-corrected chi connectivity index (χ0v) is 16.8. The van der Waals surface area contributed by atoms with Crippen molar-refractivity contribution in [3.63, 3.8) is 0 Å². The number of aromatic nitrogens is 2. The average molecular weight is 413 g/mol.